The highest BCUT2D eigenvalue weighted by atomic mass is 35.5. The van der Waals surface area contributed by atoms with Gasteiger partial charge in [0.05, 0.1) is 17.7 Å². The van der Waals surface area contributed by atoms with E-state index >= 15 is 0 Å². The Labute approximate surface area is 194 Å². The average Bonchev–Trinajstić information content (AvgIpc) is 3.46. The molecule has 0 saturated heterocycles. The van der Waals surface area contributed by atoms with E-state index in [0.29, 0.717) is 27.8 Å². The summed E-state index contributed by atoms with van der Waals surface area (Å²) in [5, 5.41) is 1.54. The number of fused-ring (bicyclic) bond motifs is 1. The van der Waals surface area contributed by atoms with Crippen molar-refractivity contribution in [2.45, 2.75) is 6.54 Å². The second-order valence-electron chi connectivity index (χ2n) is 7.33. The summed E-state index contributed by atoms with van der Waals surface area (Å²) in [6, 6.07) is 19.1. The number of hydrogen-bond acceptors (Lipinski definition) is 5. The Kier molecular flexibility index (Phi) is 5.47. The van der Waals surface area contributed by atoms with E-state index in [1.807, 2.05) is 66.9 Å². The van der Waals surface area contributed by atoms with Gasteiger partial charge in [-0.2, -0.15) is 4.37 Å². The molecule has 5 nitrogen and oxygen atoms in total. The fraction of sp³-hybridized carbons (Fsp3) is 0.0800. The van der Waals surface area contributed by atoms with Gasteiger partial charge in [0.15, 0.2) is 0 Å². The third-order valence-corrected chi connectivity index (χ3v) is 6.33. The minimum atomic E-state index is -0.0641. The molecular formula is C25H18ClN3O2S. The maximum absolute atomic E-state index is 13.5. The van der Waals surface area contributed by atoms with Crippen molar-refractivity contribution in [1.29, 1.82) is 0 Å². The lowest BCUT2D eigenvalue weighted by Gasteiger charge is -2.06. The van der Waals surface area contributed by atoms with Crippen molar-refractivity contribution in [3.63, 3.8) is 0 Å². The summed E-state index contributed by atoms with van der Waals surface area (Å²) >= 11 is 7.23. The van der Waals surface area contributed by atoms with Crippen molar-refractivity contribution in [1.82, 2.24) is 13.9 Å². The second kappa shape index (κ2) is 8.57. The molecular weight excluding hydrogens is 442 g/mol. The quantitative estimate of drug-likeness (QED) is 0.288. The zero-order valence-corrected chi connectivity index (χ0v) is 18.7. The molecule has 0 bridgehead atoms. The third-order valence-electron chi connectivity index (χ3n) is 5.29. The van der Waals surface area contributed by atoms with Crippen LogP contribution in [-0.2, 0) is 6.54 Å². The maximum Gasteiger partial charge on any atom is 0.206 e. The molecule has 0 aliphatic carbocycles. The first-order valence-electron chi connectivity index (χ1n) is 9.95. The number of benzene rings is 2. The highest BCUT2D eigenvalue weighted by Gasteiger charge is 2.20. The molecule has 0 fully saturated rings. The molecule has 5 aromatic rings. The van der Waals surface area contributed by atoms with Gasteiger partial charge in [-0.3, -0.25) is 9.78 Å². The van der Waals surface area contributed by atoms with Crippen molar-refractivity contribution in [3.05, 3.63) is 100 Å². The number of carbonyl (C=O) groups excluding carboxylic acids is 1. The van der Waals surface area contributed by atoms with E-state index in [9.17, 15) is 4.79 Å². The van der Waals surface area contributed by atoms with E-state index in [-0.39, 0.29) is 5.78 Å². The fourth-order valence-corrected chi connectivity index (χ4v) is 4.50. The van der Waals surface area contributed by atoms with Crippen molar-refractivity contribution >= 4 is 39.8 Å². The van der Waals surface area contributed by atoms with Crippen molar-refractivity contribution < 1.29 is 9.53 Å². The van der Waals surface area contributed by atoms with Crippen molar-refractivity contribution in [3.8, 4) is 17.0 Å². The Morgan fingerprint density at radius 2 is 1.97 bits per heavy atom. The number of halogens is 1. The van der Waals surface area contributed by atoms with Crippen LogP contribution in [0.15, 0.2) is 79.3 Å². The molecule has 0 amide bonds. The first-order chi connectivity index (χ1) is 15.6. The van der Waals surface area contributed by atoms with Gasteiger partial charge in [0.25, 0.3) is 0 Å². The summed E-state index contributed by atoms with van der Waals surface area (Å²) in [6.07, 6.45) is 5.36. The van der Waals surface area contributed by atoms with Crippen LogP contribution in [0.5, 0.6) is 5.75 Å². The summed E-state index contributed by atoms with van der Waals surface area (Å²) in [5.41, 5.74) is 4.30. The topological polar surface area (TPSA) is 57.0 Å². The lowest BCUT2D eigenvalue weighted by molar-refractivity contribution is 0.104. The number of methoxy groups -OCH3 is 1. The van der Waals surface area contributed by atoms with E-state index in [4.69, 9.17) is 16.3 Å². The van der Waals surface area contributed by atoms with E-state index < -0.39 is 0 Å². The van der Waals surface area contributed by atoms with Crippen LogP contribution in [0.1, 0.15) is 20.8 Å². The largest absolute Gasteiger partial charge is 0.497 e. The molecule has 0 radical (unpaired) electrons. The smallest absolute Gasteiger partial charge is 0.206 e. The zero-order valence-electron chi connectivity index (χ0n) is 17.2. The molecule has 0 N–H and O–H groups in total. The molecule has 3 aromatic heterocycles. The molecule has 158 valence electrons. The van der Waals surface area contributed by atoms with Gasteiger partial charge in [-0.15, -0.1) is 0 Å². The normalized spacial score (nSPS) is 11.1. The van der Waals surface area contributed by atoms with Gasteiger partial charge in [0, 0.05) is 52.2 Å². The number of carbonyl (C=O) groups is 1. The molecule has 0 unspecified atom stereocenters. The number of hydrogen-bond donors (Lipinski definition) is 0. The number of nitrogens with zero attached hydrogens (tertiary/aromatic N) is 3. The molecule has 0 aliphatic heterocycles. The number of rotatable bonds is 6. The minimum Gasteiger partial charge on any atom is -0.497 e. The van der Waals surface area contributed by atoms with Crippen LogP contribution in [0.4, 0.5) is 0 Å². The SMILES string of the molecule is COc1ccc2c(c1)c(C(=O)c1cc(-c3cccnc3)ns1)cn2Cc1ccc(Cl)cc1. The van der Waals surface area contributed by atoms with Crippen LogP contribution in [0.25, 0.3) is 22.2 Å². The lowest BCUT2D eigenvalue weighted by Crippen LogP contribution is -1.99. The van der Waals surface area contributed by atoms with E-state index in [2.05, 4.69) is 13.9 Å². The van der Waals surface area contributed by atoms with E-state index in [1.54, 1.807) is 19.5 Å². The second-order valence-corrected chi connectivity index (χ2v) is 8.57. The predicted octanol–water partition coefficient (Wildman–Crippen LogP) is 6.10. The van der Waals surface area contributed by atoms with Crippen molar-refractivity contribution in [2.75, 3.05) is 7.11 Å². The van der Waals surface area contributed by atoms with E-state index in [0.717, 1.165) is 27.7 Å². The van der Waals surface area contributed by atoms with Crippen LogP contribution in [0.3, 0.4) is 0 Å². The number of ketones is 1. The Balaban J connectivity index is 1.56. The summed E-state index contributed by atoms with van der Waals surface area (Å²) in [5.74, 6) is 0.641. The first kappa shape index (κ1) is 20.4. The van der Waals surface area contributed by atoms with Crippen molar-refractivity contribution in [2.24, 2.45) is 0 Å². The van der Waals surface area contributed by atoms with Crippen LogP contribution < -0.4 is 4.74 Å². The number of aromatic nitrogens is 3. The highest BCUT2D eigenvalue weighted by Crippen LogP contribution is 2.30. The molecule has 2 aromatic carbocycles. The summed E-state index contributed by atoms with van der Waals surface area (Å²) < 4.78 is 12.0. The van der Waals surface area contributed by atoms with E-state index in [1.165, 1.54) is 11.5 Å². The van der Waals surface area contributed by atoms with Gasteiger partial charge in [-0.1, -0.05) is 23.7 Å². The first-order valence-corrected chi connectivity index (χ1v) is 11.1. The minimum absolute atomic E-state index is 0.0641. The fourth-order valence-electron chi connectivity index (χ4n) is 3.67. The van der Waals surface area contributed by atoms with Gasteiger partial charge in [-0.25, -0.2) is 0 Å². The van der Waals surface area contributed by atoms with Gasteiger partial charge >= 0.3 is 0 Å². The predicted molar refractivity (Wildman–Crippen MR) is 128 cm³/mol. The molecule has 0 saturated carbocycles. The number of ether oxygens (including phenoxy) is 1. The zero-order chi connectivity index (χ0) is 22.1. The summed E-state index contributed by atoms with van der Waals surface area (Å²) in [6.45, 7) is 0.622. The number of pyridine rings is 1. The maximum atomic E-state index is 13.5. The van der Waals surface area contributed by atoms with Gasteiger partial charge < -0.3 is 9.30 Å². The van der Waals surface area contributed by atoms with Gasteiger partial charge in [0.1, 0.15) is 5.75 Å². The average molecular weight is 460 g/mol. The Morgan fingerprint density at radius 3 is 2.72 bits per heavy atom. The van der Waals surface area contributed by atoms with Crippen LogP contribution in [0.2, 0.25) is 5.02 Å². The van der Waals surface area contributed by atoms with Crippen LogP contribution >= 0.6 is 23.1 Å². The summed E-state index contributed by atoms with van der Waals surface area (Å²) in [7, 11) is 1.62. The lowest BCUT2D eigenvalue weighted by atomic mass is 10.1. The molecule has 7 heteroatoms. The molecule has 5 rings (SSSR count). The third kappa shape index (κ3) is 3.90. The Hall–Kier alpha value is -3.48. The molecule has 3 heterocycles. The van der Waals surface area contributed by atoms with Crippen LogP contribution in [0, 0.1) is 0 Å². The molecule has 32 heavy (non-hydrogen) atoms. The Bertz CT molecular complexity index is 1410. The Morgan fingerprint density at radius 1 is 1.12 bits per heavy atom. The van der Waals surface area contributed by atoms with Gasteiger partial charge in [0.2, 0.25) is 5.78 Å². The molecule has 0 aliphatic rings. The van der Waals surface area contributed by atoms with Crippen LogP contribution in [-0.4, -0.2) is 26.8 Å². The van der Waals surface area contributed by atoms with Gasteiger partial charge in [-0.05, 0) is 65.6 Å². The molecule has 0 spiro atoms. The standard InChI is InChI=1S/C25H18ClN3O2S/c1-31-19-8-9-23-20(11-19)21(15-29(23)14-16-4-6-18(26)7-5-16)25(30)24-12-22(28-32-24)17-3-2-10-27-13-17/h2-13,15H,14H2,1H3. The summed E-state index contributed by atoms with van der Waals surface area (Å²) in [4.78, 5) is 18.2. The molecule has 0 atom stereocenters. The monoisotopic (exact) mass is 459 g/mol. The highest BCUT2D eigenvalue weighted by molar-refractivity contribution is 7.08.